The van der Waals surface area contributed by atoms with E-state index < -0.39 is 9.84 Å². The number of nitrogens with two attached hydrogens (primary N) is 1. The van der Waals surface area contributed by atoms with E-state index in [0.29, 0.717) is 21.6 Å². The molecule has 0 bridgehead atoms. The highest BCUT2D eigenvalue weighted by Crippen LogP contribution is 2.22. The molecule has 1 heterocycles. The first kappa shape index (κ1) is 14.0. The molecular weight excluding hydrogens is 328 g/mol. The summed E-state index contributed by atoms with van der Waals surface area (Å²) >= 11 is 3.26. The molecule has 0 fully saturated rings. The van der Waals surface area contributed by atoms with Gasteiger partial charge >= 0.3 is 0 Å². The molecule has 2 aromatic rings. The number of hydrogen-bond acceptors (Lipinski definition) is 4. The van der Waals surface area contributed by atoms with Crippen LogP contribution in [0.15, 0.2) is 52.0 Å². The maximum atomic E-state index is 12.2. The van der Waals surface area contributed by atoms with Crippen LogP contribution in [-0.4, -0.2) is 19.2 Å². The Kier molecular flexibility index (Phi) is 4.21. The van der Waals surface area contributed by atoms with Crippen molar-refractivity contribution < 1.29 is 8.42 Å². The van der Waals surface area contributed by atoms with E-state index in [2.05, 4.69) is 20.9 Å². The normalized spacial score (nSPS) is 11.4. The predicted octanol–water partition coefficient (Wildman–Crippen LogP) is 2.44. The molecule has 2 N–H and O–H groups in total. The highest BCUT2D eigenvalue weighted by Gasteiger charge is 2.17. The molecule has 0 aliphatic heterocycles. The summed E-state index contributed by atoms with van der Waals surface area (Å²) in [5.74, 6) is 0.471. The number of aryl methyl sites for hydroxylation is 1. The number of pyridine rings is 1. The number of hydrogen-bond donors (Lipinski definition) is 1. The van der Waals surface area contributed by atoms with Gasteiger partial charge in [-0.15, -0.1) is 0 Å². The molecule has 0 aliphatic rings. The monoisotopic (exact) mass is 340 g/mol. The first-order valence-electron chi connectivity index (χ1n) is 5.67. The van der Waals surface area contributed by atoms with Gasteiger partial charge in [0, 0.05) is 10.7 Å². The molecule has 0 spiro atoms. The van der Waals surface area contributed by atoms with Crippen molar-refractivity contribution in [2.45, 2.75) is 11.3 Å². The summed E-state index contributed by atoms with van der Waals surface area (Å²) in [5.41, 5.74) is 6.34. The Morgan fingerprint density at radius 1 is 1.16 bits per heavy atom. The molecule has 1 aromatic heterocycles. The first-order chi connectivity index (χ1) is 8.99. The lowest BCUT2D eigenvalue weighted by Gasteiger charge is -2.06. The summed E-state index contributed by atoms with van der Waals surface area (Å²) in [4.78, 5) is 4.26. The van der Waals surface area contributed by atoms with Crippen LogP contribution in [0.1, 0.15) is 5.56 Å². The molecule has 100 valence electrons. The molecule has 0 amide bonds. The van der Waals surface area contributed by atoms with Crippen LogP contribution in [-0.2, 0) is 16.3 Å². The van der Waals surface area contributed by atoms with Gasteiger partial charge in [0.2, 0.25) is 0 Å². The van der Waals surface area contributed by atoms with E-state index in [-0.39, 0.29) is 5.75 Å². The lowest BCUT2D eigenvalue weighted by molar-refractivity contribution is 0.595. The van der Waals surface area contributed by atoms with Gasteiger partial charge in [-0.05, 0) is 46.1 Å². The topological polar surface area (TPSA) is 73.1 Å². The van der Waals surface area contributed by atoms with E-state index in [1.165, 1.54) is 0 Å². The zero-order valence-corrected chi connectivity index (χ0v) is 12.5. The Labute approximate surface area is 120 Å². The van der Waals surface area contributed by atoms with Gasteiger partial charge in [-0.2, -0.15) is 0 Å². The molecule has 0 unspecified atom stereocenters. The fourth-order valence-electron chi connectivity index (χ4n) is 1.64. The van der Waals surface area contributed by atoms with Crippen LogP contribution in [0, 0.1) is 0 Å². The molecule has 0 saturated heterocycles. The Hall–Kier alpha value is -1.40. The van der Waals surface area contributed by atoms with Gasteiger partial charge in [0.25, 0.3) is 0 Å². The van der Waals surface area contributed by atoms with Crippen molar-refractivity contribution in [1.29, 1.82) is 0 Å². The lowest BCUT2D eigenvalue weighted by atomic mass is 10.2. The molecule has 6 heteroatoms. The highest BCUT2D eigenvalue weighted by atomic mass is 79.9. The fourth-order valence-corrected chi connectivity index (χ4v) is 4.04. The van der Waals surface area contributed by atoms with Crippen molar-refractivity contribution >= 4 is 31.6 Å². The lowest BCUT2D eigenvalue weighted by Crippen LogP contribution is -2.10. The maximum Gasteiger partial charge on any atom is 0.179 e. The molecule has 0 saturated carbocycles. The summed E-state index contributed by atoms with van der Waals surface area (Å²) in [6.07, 6.45) is 2.02. The van der Waals surface area contributed by atoms with Crippen molar-refractivity contribution in [3.05, 3.63) is 52.6 Å². The van der Waals surface area contributed by atoms with Crippen LogP contribution in [0.3, 0.4) is 0 Å². The number of benzene rings is 1. The first-order valence-corrected chi connectivity index (χ1v) is 8.11. The smallest absolute Gasteiger partial charge is 0.179 e. The van der Waals surface area contributed by atoms with Crippen LogP contribution in [0.5, 0.6) is 0 Å². The third-order valence-corrected chi connectivity index (χ3v) is 5.40. The molecule has 2 rings (SSSR count). The highest BCUT2D eigenvalue weighted by molar-refractivity contribution is 9.10. The van der Waals surface area contributed by atoms with E-state index in [9.17, 15) is 8.42 Å². The van der Waals surface area contributed by atoms with Crippen LogP contribution >= 0.6 is 15.9 Å². The number of halogens is 1. The van der Waals surface area contributed by atoms with Crippen LogP contribution in [0.4, 0.5) is 5.82 Å². The van der Waals surface area contributed by atoms with Crippen molar-refractivity contribution in [2.75, 3.05) is 11.5 Å². The average Bonchev–Trinajstić information content (AvgIpc) is 2.38. The van der Waals surface area contributed by atoms with Crippen LogP contribution in [0.2, 0.25) is 0 Å². The number of anilines is 1. The summed E-state index contributed by atoms with van der Waals surface area (Å²) in [5, 5.41) is 0. The number of nitrogen functional groups attached to an aromatic ring is 1. The van der Waals surface area contributed by atoms with Crippen LogP contribution in [0.25, 0.3) is 0 Å². The van der Waals surface area contributed by atoms with Crippen molar-refractivity contribution in [1.82, 2.24) is 4.98 Å². The van der Waals surface area contributed by atoms with E-state index in [4.69, 9.17) is 5.73 Å². The minimum absolute atomic E-state index is 0.0429. The minimum Gasteiger partial charge on any atom is -0.384 e. The van der Waals surface area contributed by atoms with Gasteiger partial charge in [-0.3, -0.25) is 0 Å². The molecule has 0 radical (unpaired) electrons. The van der Waals surface area contributed by atoms with Crippen molar-refractivity contribution in [3.8, 4) is 0 Å². The van der Waals surface area contributed by atoms with Crippen LogP contribution < -0.4 is 5.73 Å². The summed E-state index contributed by atoms with van der Waals surface area (Å²) in [6, 6.07) is 10.3. The third-order valence-electron chi connectivity index (χ3n) is 2.68. The second-order valence-corrected chi connectivity index (χ2v) is 7.02. The third kappa shape index (κ3) is 3.54. The van der Waals surface area contributed by atoms with E-state index in [0.717, 1.165) is 5.56 Å². The second-order valence-electron chi connectivity index (χ2n) is 4.09. The number of nitrogens with zero attached hydrogens (tertiary/aromatic N) is 1. The van der Waals surface area contributed by atoms with E-state index >= 15 is 0 Å². The molecule has 4 nitrogen and oxygen atoms in total. The Bertz CT molecular complexity index is 669. The Balaban J connectivity index is 2.14. The number of rotatable bonds is 4. The standard InChI is InChI=1S/C13H13BrN2O2S/c14-11-3-1-2-4-12(11)19(17,18)8-7-10-5-6-13(15)16-9-10/h1-6,9H,7-8H2,(H2,15,16). The van der Waals surface area contributed by atoms with Gasteiger partial charge in [0.1, 0.15) is 5.82 Å². The van der Waals surface area contributed by atoms with Gasteiger partial charge in [0.05, 0.1) is 10.6 Å². The zero-order chi connectivity index (χ0) is 13.9. The maximum absolute atomic E-state index is 12.2. The number of aromatic nitrogens is 1. The average molecular weight is 341 g/mol. The minimum atomic E-state index is -3.31. The van der Waals surface area contributed by atoms with Gasteiger partial charge in [0.15, 0.2) is 9.84 Å². The Morgan fingerprint density at radius 3 is 2.53 bits per heavy atom. The molecule has 0 aliphatic carbocycles. The van der Waals surface area contributed by atoms with Gasteiger partial charge in [-0.25, -0.2) is 13.4 Å². The second kappa shape index (κ2) is 5.71. The largest absolute Gasteiger partial charge is 0.384 e. The van der Waals surface area contributed by atoms with Gasteiger partial charge in [-0.1, -0.05) is 18.2 Å². The summed E-state index contributed by atoms with van der Waals surface area (Å²) in [6.45, 7) is 0. The molecule has 0 atom stereocenters. The SMILES string of the molecule is Nc1ccc(CCS(=O)(=O)c2ccccc2Br)cn1. The fraction of sp³-hybridized carbons (Fsp3) is 0.154. The summed E-state index contributed by atoms with van der Waals surface area (Å²) in [7, 11) is -3.31. The zero-order valence-electron chi connectivity index (χ0n) is 10.1. The quantitative estimate of drug-likeness (QED) is 0.927. The van der Waals surface area contributed by atoms with Crippen molar-refractivity contribution in [3.63, 3.8) is 0 Å². The predicted molar refractivity (Wildman–Crippen MR) is 78.5 cm³/mol. The molecule has 1 aromatic carbocycles. The Morgan fingerprint density at radius 2 is 1.89 bits per heavy atom. The van der Waals surface area contributed by atoms with E-state index in [1.54, 1.807) is 42.6 Å². The molecule has 19 heavy (non-hydrogen) atoms. The molecular formula is C13H13BrN2O2S. The summed E-state index contributed by atoms with van der Waals surface area (Å²) < 4.78 is 25.0. The van der Waals surface area contributed by atoms with E-state index in [1.807, 2.05) is 0 Å². The van der Waals surface area contributed by atoms with Gasteiger partial charge < -0.3 is 5.73 Å². The van der Waals surface area contributed by atoms with Crippen molar-refractivity contribution in [2.24, 2.45) is 0 Å². The number of sulfone groups is 1.